The summed E-state index contributed by atoms with van der Waals surface area (Å²) >= 11 is 0. The van der Waals surface area contributed by atoms with Gasteiger partial charge in [0.1, 0.15) is 0 Å². The first-order chi connectivity index (χ1) is 7.50. The SMILES string of the molecule is CS(=O)CCNc1ccc(C(=O)O)c(N)c1. The first-order valence-corrected chi connectivity index (χ1v) is 6.40. The molecule has 4 N–H and O–H groups in total. The van der Waals surface area contributed by atoms with Gasteiger partial charge in [-0.05, 0) is 18.2 Å². The molecule has 0 fully saturated rings. The van der Waals surface area contributed by atoms with Crippen LogP contribution in [0.15, 0.2) is 18.2 Å². The normalized spacial score (nSPS) is 12.1. The van der Waals surface area contributed by atoms with E-state index in [0.29, 0.717) is 12.3 Å². The predicted octanol–water partition coefficient (Wildman–Crippen LogP) is 0.757. The number of nitrogen functional groups attached to an aromatic ring is 1. The minimum absolute atomic E-state index is 0.0876. The van der Waals surface area contributed by atoms with Crippen molar-refractivity contribution in [1.82, 2.24) is 0 Å². The number of carboxylic acid groups (broad SMARTS) is 1. The summed E-state index contributed by atoms with van der Waals surface area (Å²) in [5, 5.41) is 11.8. The summed E-state index contributed by atoms with van der Waals surface area (Å²) in [5.41, 5.74) is 6.61. The van der Waals surface area contributed by atoms with Gasteiger partial charge in [0.15, 0.2) is 0 Å². The smallest absolute Gasteiger partial charge is 0.337 e. The van der Waals surface area contributed by atoms with E-state index < -0.39 is 16.8 Å². The third-order valence-corrected chi connectivity index (χ3v) is 2.78. The van der Waals surface area contributed by atoms with E-state index in [4.69, 9.17) is 10.8 Å². The summed E-state index contributed by atoms with van der Waals surface area (Å²) in [4.78, 5) is 10.7. The molecular weight excluding hydrogens is 228 g/mol. The molecule has 0 aliphatic heterocycles. The molecule has 1 aromatic rings. The lowest BCUT2D eigenvalue weighted by Gasteiger charge is -2.07. The minimum Gasteiger partial charge on any atom is -0.478 e. The van der Waals surface area contributed by atoms with Crippen molar-refractivity contribution in [3.05, 3.63) is 23.8 Å². The monoisotopic (exact) mass is 242 g/mol. The fraction of sp³-hybridized carbons (Fsp3) is 0.300. The van der Waals surface area contributed by atoms with Gasteiger partial charge < -0.3 is 16.2 Å². The number of anilines is 2. The van der Waals surface area contributed by atoms with Crippen LogP contribution in [0.5, 0.6) is 0 Å². The topological polar surface area (TPSA) is 92.4 Å². The van der Waals surface area contributed by atoms with Gasteiger partial charge in [-0.25, -0.2) is 4.79 Å². The van der Waals surface area contributed by atoms with Crippen LogP contribution in [-0.4, -0.2) is 33.8 Å². The van der Waals surface area contributed by atoms with Crippen molar-refractivity contribution in [3.8, 4) is 0 Å². The van der Waals surface area contributed by atoms with Crippen LogP contribution < -0.4 is 11.1 Å². The summed E-state index contributed by atoms with van der Waals surface area (Å²) < 4.78 is 10.8. The molecule has 0 heterocycles. The number of hydrogen-bond donors (Lipinski definition) is 3. The molecule has 0 saturated heterocycles. The lowest BCUT2D eigenvalue weighted by Crippen LogP contribution is -2.10. The number of aromatic carboxylic acids is 1. The molecule has 0 aliphatic rings. The van der Waals surface area contributed by atoms with Gasteiger partial charge in [-0.3, -0.25) is 4.21 Å². The fourth-order valence-corrected chi connectivity index (χ4v) is 1.60. The summed E-state index contributed by atoms with van der Waals surface area (Å²) in [6.45, 7) is 0.564. The second-order valence-electron chi connectivity index (χ2n) is 3.31. The van der Waals surface area contributed by atoms with Crippen LogP contribution in [0, 0.1) is 0 Å². The van der Waals surface area contributed by atoms with Gasteiger partial charge >= 0.3 is 5.97 Å². The Morgan fingerprint density at radius 1 is 1.56 bits per heavy atom. The van der Waals surface area contributed by atoms with E-state index in [2.05, 4.69) is 5.32 Å². The molecule has 1 atom stereocenters. The molecule has 1 rings (SSSR count). The van der Waals surface area contributed by atoms with Crippen LogP contribution in [0.1, 0.15) is 10.4 Å². The molecule has 0 aromatic heterocycles. The summed E-state index contributed by atoms with van der Waals surface area (Å²) in [6, 6.07) is 4.64. The van der Waals surface area contributed by atoms with Crippen LogP contribution in [0.2, 0.25) is 0 Å². The standard InChI is InChI=1S/C10H14N2O3S/c1-16(15)5-4-12-7-2-3-8(10(13)14)9(11)6-7/h2-3,6,12H,4-5,11H2,1H3,(H,13,14). The Bertz CT molecular complexity index is 421. The third kappa shape index (κ3) is 3.54. The summed E-state index contributed by atoms with van der Waals surface area (Å²) in [6.07, 6.45) is 1.63. The Morgan fingerprint density at radius 2 is 2.25 bits per heavy atom. The molecule has 16 heavy (non-hydrogen) atoms. The highest BCUT2D eigenvalue weighted by molar-refractivity contribution is 7.84. The molecule has 1 unspecified atom stereocenters. The Kier molecular flexibility index (Phi) is 4.30. The van der Waals surface area contributed by atoms with Gasteiger partial charge in [-0.2, -0.15) is 0 Å². The van der Waals surface area contributed by atoms with Crippen molar-refractivity contribution in [1.29, 1.82) is 0 Å². The number of nitrogens with two attached hydrogens (primary N) is 1. The summed E-state index contributed by atoms with van der Waals surface area (Å²) in [7, 11) is -0.844. The van der Waals surface area contributed by atoms with Gasteiger partial charge in [0, 0.05) is 40.7 Å². The first kappa shape index (κ1) is 12.5. The highest BCUT2D eigenvalue weighted by atomic mass is 32.2. The van der Waals surface area contributed by atoms with E-state index in [1.807, 2.05) is 0 Å². The van der Waals surface area contributed by atoms with Crippen molar-refractivity contribution < 1.29 is 14.1 Å². The van der Waals surface area contributed by atoms with E-state index in [-0.39, 0.29) is 11.3 Å². The van der Waals surface area contributed by atoms with Gasteiger partial charge in [-0.1, -0.05) is 0 Å². The molecule has 6 heteroatoms. The average Bonchev–Trinajstić information content (AvgIpc) is 2.16. The minimum atomic E-state index is -1.04. The van der Waals surface area contributed by atoms with Gasteiger partial charge in [0.25, 0.3) is 0 Å². The molecule has 88 valence electrons. The van der Waals surface area contributed by atoms with Crippen LogP contribution in [-0.2, 0) is 10.8 Å². The van der Waals surface area contributed by atoms with Gasteiger partial charge in [0.05, 0.1) is 5.56 Å². The largest absolute Gasteiger partial charge is 0.478 e. The average molecular weight is 242 g/mol. The fourth-order valence-electron chi connectivity index (χ4n) is 1.21. The lowest BCUT2D eigenvalue weighted by molar-refractivity contribution is 0.0698. The molecule has 0 bridgehead atoms. The van der Waals surface area contributed by atoms with Crippen molar-refractivity contribution in [3.63, 3.8) is 0 Å². The van der Waals surface area contributed by atoms with Crippen LogP contribution in [0.25, 0.3) is 0 Å². The number of carboxylic acids is 1. The molecule has 0 aliphatic carbocycles. The van der Waals surface area contributed by atoms with Crippen LogP contribution in [0.4, 0.5) is 11.4 Å². The molecule has 0 spiro atoms. The van der Waals surface area contributed by atoms with Crippen molar-refractivity contribution >= 4 is 28.1 Å². The zero-order chi connectivity index (χ0) is 12.1. The van der Waals surface area contributed by atoms with E-state index in [1.54, 1.807) is 18.4 Å². The zero-order valence-corrected chi connectivity index (χ0v) is 9.71. The van der Waals surface area contributed by atoms with Gasteiger partial charge in [-0.15, -0.1) is 0 Å². The maximum atomic E-state index is 10.8. The number of hydrogen-bond acceptors (Lipinski definition) is 4. The number of rotatable bonds is 5. The van der Waals surface area contributed by atoms with Gasteiger partial charge in [0.2, 0.25) is 0 Å². The molecule has 5 nitrogen and oxygen atoms in total. The van der Waals surface area contributed by atoms with E-state index in [0.717, 1.165) is 5.69 Å². The predicted molar refractivity (Wildman–Crippen MR) is 65.2 cm³/mol. The maximum absolute atomic E-state index is 10.8. The van der Waals surface area contributed by atoms with E-state index in [9.17, 15) is 9.00 Å². The van der Waals surface area contributed by atoms with Crippen LogP contribution >= 0.6 is 0 Å². The second kappa shape index (κ2) is 5.50. The Labute approximate surface area is 96.1 Å². The Balaban J connectivity index is 2.66. The third-order valence-electron chi connectivity index (χ3n) is 2.00. The molecule has 0 radical (unpaired) electrons. The Hall–Kier alpha value is -1.56. The highest BCUT2D eigenvalue weighted by Gasteiger charge is 2.07. The van der Waals surface area contributed by atoms with E-state index >= 15 is 0 Å². The van der Waals surface area contributed by atoms with Crippen LogP contribution in [0.3, 0.4) is 0 Å². The number of benzene rings is 1. The Morgan fingerprint density at radius 3 is 2.75 bits per heavy atom. The molecule has 1 aromatic carbocycles. The number of nitrogens with one attached hydrogen (secondary N) is 1. The quantitative estimate of drug-likeness (QED) is 0.663. The number of carbonyl (C=O) groups is 1. The van der Waals surface area contributed by atoms with Crippen molar-refractivity contribution in [2.45, 2.75) is 0 Å². The maximum Gasteiger partial charge on any atom is 0.337 e. The van der Waals surface area contributed by atoms with Crippen molar-refractivity contribution in [2.75, 3.05) is 29.6 Å². The lowest BCUT2D eigenvalue weighted by atomic mass is 10.1. The zero-order valence-electron chi connectivity index (χ0n) is 8.90. The highest BCUT2D eigenvalue weighted by Crippen LogP contribution is 2.17. The molecule has 0 amide bonds. The first-order valence-electron chi connectivity index (χ1n) is 4.67. The summed E-state index contributed by atoms with van der Waals surface area (Å²) in [5.74, 6) is -0.501. The second-order valence-corrected chi connectivity index (χ2v) is 4.87. The molecule has 0 saturated carbocycles. The van der Waals surface area contributed by atoms with Crippen molar-refractivity contribution in [2.24, 2.45) is 0 Å². The van der Waals surface area contributed by atoms with E-state index in [1.165, 1.54) is 6.07 Å². The molecular formula is C10H14N2O3S.